The van der Waals surface area contributed by atoms with Gasteiger partial charge in [-0.05, 0) is 5.56 Å². The lowest BCUT2D eigenvalue weighted by Crippen LogP contribution is -2.23. The molecular weight excluding hydrogens is 218 g/mol. The zero-order chi connectivity index (χ0) is 12.3. The fraction of sp³-hybridized carbons (Fsp3) is 0.462. The molecule has 0 unspecified atom stereocenters. The van der Waals surface area contributed by atoms with Gasteiger partial charge in [-0.2, -0.15) is 0 Å². The van der Waals surface area contributed by atoms with Gasteiger partial charge in [-0.3, -0.25) is 4.79 Å². The average Bonchev–Trinajstić information content (AvgIpc) is 2.37. The highest BCUT2D eigenvalue weighted by atomic mass is 16.5. The summed E-state index contributed by atoms with van der Waals surface area (Å²) in [4.78, 5) is 11.4. The second-order valence-electron chi connectivity index (χ2n) is 3.64. The van der Waals surface area contributed by atoms with E-state index in [0.717, 1.165) is 12.1 Å². The Balaban J connectivity index is 2.05. The zero-order valence-electron chi connectivity index (χ0n) is 10.1. The molecule has 0 saturated heterocycles. The molecule has 94 valence electrons. The molecule has 0 aliphatic carbocycles. The second-order valence-corrected chi connectivity index (χ2v) is 3.64. The van der Waals surface area contributed by atoms with Gasteiger partial charge >= 0.3 is 5.97 Å². The third-order valence-electron chi connectivity index (χ3n) is 2.23. The number of hydrogen-bond donors (Lipinski definition) is 1. The van der Waals surface area contributed by atoms with E-state index in [9.17, 15) is 4.79 Å². The molecule has 0 spiro atoms. The number of carbonyl (C=O) groups is 1. The molecule has 0 bridgehead atoms. The van der Waals surface area contributed by atoms with Gasteiger partial charge in [0.2, 0.25) is 0 Å². The van der Waals surface area contributed by atoms with E-state index in [0.29, 0.717) is 26.2 Å². The number of ether oxygens (including phenoxy) is 2. The van der Waals surface area contributed by atoms with Crippen LogP contribution in [0.15, 0.2) is 30.3 Å². The second kappa shape index (κ2) is 8.73. The van der Waals surface area contributed by atoms with E-state index in [1.165, 1.54) is 0 Å². The van der Waals surface area contributed by atoms with E-state index in [-0.39, 0.29) is 5.97 Å². The van der Waals surface area contributed by atoms with Crippen LogP contribution in [0.2, 0.25) is 0 Å². The highest BCUT2D eigenvalue weighted by Gasteiger charge is 2.02. The van der Waals surface area contributed by atoms with Gasteiger partial charge in [0, 0.05) is 20.2 Å². The predicted octanol–water partition coefficient (Wildman–Crippen LogP) is 1.36. The summed E-state index contributed by atoms with van der Waals surface area (Å²) >= 11 is 0. The topological polar surface area (TPSA) is 47.6 Å². The van der Waals surface area contributed by atoms with Crippen LogP contribution in [-0.4, -0.2) is 32.8 Å². The molecule has 0 aliphatic rings. The van der Waals surface area contributed by atoms with Crippen molar-refractivity contribution in [3.05, 3.63) is 35.9 Å². The highest BCUT2D eigenvalue weighted by Crippen LogP contribution is 2.01. The molecule has 0 aromatic heterocycles. The molecular formula is C13H19NO3. The van der Waals surface area contributed by atoms with Gasteiger partial charge in [-0.15, -0.1) is 0 Å². The molecule has 0 radical (unpaired) electrons. The molecule has 0 saturated carbocycles. The van der Waals surface area contributed by atoms with Crippen LogP contribution < -0.4 is 5.32 Å². The Morgan fingerprint density at radius 2 is 2.00 bits per heavy atom. The molecule has 0 atom stereocenters. The van der Waals surface area contributed by atoms with Crippen molar-refractivity contribution in [2.75, 3.05) is 26.8 Å². The Morgan fingerprint density at radius 3 is 2.71 bits per heavy atom. The average molecular weight is 237 g/mol. The van der Waals surface area contributed by atoms with Crippen LogP contribution in [0.5, 0.6) is 0 Å². The Kier molecular flexibility index (Phi) is 7.02. The van der Waals surface area contributed by atoms with Gasteiger partial charge in [0.15, 0.2) is 0 Å². The van der Waals surface area contributed by atoms with E-state index in [1.54, 1.807) is 7.11 Å². The standard InChI is InChI=1S/C13H19NO3/c1-16-10-9-14-8-7-13(15)17-11-12-5-3-2-4-6-12/h2-6,14H,7-11H2,1H3. The SMILES string of the molecule is COCCNCCC(=O)OCc1ccccc1. The lowest BCUT2D eigenvalue weighted by molar-refractivity contribution is -0.144. The smallest absolute Gasteiger partial charge is 0.307 e. The van der Waals surface area contributed by atoms with Crippen LogP contribution in [0.4, 0.5) is 0 Å². The Labute approximate surface area is 102 Å². The molecule has 4 nitrogen and oxygen atoms in total. The normalized spacial score (nSPS) is 10.2. The Hall–Kier alpha value is -1.39. The largest absolute Gasteiger partial charge is 0.461 e. The van der Waals surface area contributed by atoms with Gasteiger partial charge in [-0.1, -0.05) is 30.3 Å². The van der Waals surface area contributed by atoms with Crippen molar-refractivity contribution >= 4 is 5.97 Å². The molecule has 4 heteroatoms. The summed E-state index contributed by atoms with van der Waals surface area (Å²) in [5, 5.41) is 3.09. The quantitative estimate of drug-likeness (QED) is 0.548. The van der Waals surface area contributed by atoms with E-state index < -0.39 is 0 Å². The molecule has 1 aromatic carbocycles. The van der Waals surface area contributed by atoms with Crippen LogP contribution in [0, 0.1) is 0 Å². The summed E-state index contributed by atoms with van der Waals surface area (Å²) in [5.41, 5.74) is 1.01. The van der Waals surface area contributed by atoms with Crippen molar-refractivity contribution < 1.29 is 14.3 Å². The van der Waals surface area contributed by atoms with E-state index in [1.807, 2.05) is 30.3 Å². The first-order valence-corrected chi connectivity index (χ1v) is 5.72. The summed E-state index contributed by atoms with van der Waals surface area (Å²) in [6, 6.07) is 9.66. The number of benzene rings is 1. The maximum atomic E-state index is 11.4. The van der Waals surface area contributed by atoms with Gasteiger partial charge < -0.3 is 14.8 Å². The third kappa shape index (κ3) is 6.71. The summed E-state index contributed by atoms with van der Waals surface area (Å²) in [6.07, 6.45) is 0.385. The van der Waals surface area contributed by atoms with Crippen LogP contribution in [0.1, 0.15) is 12.0 Å². The van der Waals surface area contributed by atoms with Crippen molar-refractivity contribution in [2.45, 2.75) is 13.0 Å². The summed E-state index contributed by atoms with van der Waals surface area (Å²) < 4.78 is 10.00. The number of carbonyl (C=O) groups excluding carboxylic acids is 1. The number of nitrogens with one attached hydrogen (secondary N) is 1. The fourth-order valence-corrected chi connectivity index (χ4v) is 1.30. The van der Waals surface area contributed by atoms with E-state index >= 15 is 0 Å². The molecule has 0 heterocycles. The van der Waals surface area contributed by atoms with E-state index in [4.69, 9.17) is 9.47 Å². The number of esters is 1. The monoisotopic (exact) mass is 237 g/mol. The minimum atomic E-state index is -0.182. The Morgan fingerprint density at radius 1 is 1.24 bits per heavy atom. The van der Waals surface area contributed by atoms with Crippen molar-refractivity contribution in [1.29, 1.82) is 0 Å². The first kappa shape index (κ1) is 13.7. The maximum Gasteiger partial charge on any atom is 0.307 e. The molecule has 1 rings (SSSR count). The number of hydrogen-bond acceptors (Lipinski definition) is 4. The minimum absolute atomic E-state index is 0.182. The zero-order valence-corrected chi connectivity index (χ0v) is 10.1. The van der Waals surface area contributed by atoms with Crippen molar-refractivity contribution in [3.8, 4) is 0 Å². The van der Waals surface area contributed by atoms with Crippen LogP contribution in [0.25, 0.3) is 0 Å². The van der Waals surface area contributed by atoms with Gasteiger partial charge in [0.25, 0.3) is 0 Å². The van der Waals surface area contributed by atoms with Gasteiger partial charge in [0.1, 0.15) is 6.61 Å². The maximum absolute atomic E-state index is 11.4. The highest BCUT2D eigenvalue weighted by molar-refractivity contribution is 5.69. The van der Waals surface area contributed by atoms with Crippen molar-refractivity contribution in [3.63, 3.8) is 0 Å². The number of rotatable bonds is 8. The third-order valence-corrected chi connectivity index (χ3v) is 2.23. The predicted molar refractivity (Wildman–Crippen MR) is 65.6 cm³/mol. The van der Waals surface area contributed by atoms with E-state index in [2.05, 4.69) is 5.32 Å². The van der Waals surface area contributed by atoms with Gasteiger partial charge in [-0.25, -0.2) is 0 Å². The van der Waals surface area contributed by atoms with Crippen molar-refractivity contribution in [2.24, 2.45) is 0 Å². The number of methoxy groups -OCH3 is 1. The molecule has 1 N–H and O–H groups in total. The first-order valence-electron chi connectivity index (χ1n) is 5.72. The lowest BCUT2D eigenvalue weighted by atomic mass is 10.2. The molecule has 0 fully saturated rings. The first-order chi connectivity index (χ1) is 8.33. The lowest BCUT2D eigenvalue weighted by Gasteiger charge is -2.05. The summed E-state index contributed by atoms with van der Waals surface area (Å²) in [7, 11) is 1.65. The Bertz CT molecular complexity index is 314. The van der Waals surface area contributed by atoms with Crippen LogP contribution in [0.3, 0.4) is 0 Å². The molecule has 17 heavy (non-hydrogen) atoms. The fourth-order valence-electron chi connectivity index (χ4n) is 1.30. The van der Waals surface area contributed by atoms with Crippen LogP contribution in [-0.2, 0) is 20.9 Å². The van der Waals surface area contributed by atoms with Crippen molar-refractivity contribution in [1.82, 2.24) is 5.32 Å². The van der Waals surface area contributed by atoms with Gasteiger partial charge in [0.05, 0.1) is 13.0 Å². The van der Waals surface area contributed by atoms with Crippen LogP contribution >= 0.6 is 0 Å². The molecule has 0 aliphatic heterocycles. The molecule has 1 aromatic rings. The minimum Gasteiger partial charge on any atom is -0.461 e. The summed E-state index contributed by atoms with van der Waals surface area (Å²) in [6.45, 7) is 2.37. The summed E-state index contributed by atoms with van der Waals surface area (Å²) in [5.74, 6) is -0.182. The molecule has 0 amide bonds.